The predicted molar refractivity (Wildman–Crippen MR) is 63.7 cm³/mol. The Bertz CT molecular complexity index is 207. The molecule has 2 heteroatoms. The molecule has 0 saturated carbocycles. The third kappa shape index (κ3) is 7.18. The van der Waals surface area contributed by atoms with Gasteiger partial charge in [-0.05, 0) is 33.6 Å². The summed E-state index contributed by atoms with van der Waals surface area (Å²) >= 11 is 0. The third-order valence-corrected chi connectivity index (χ3v) is 2.37. The normalized spacial score (nSPS) is 13.7. The van der Waals surface area contributed by atoms with Crippen LogP contribution in [-0.4, -0.2) is 12.6 Å². The first-order valence-electron chi connectivity index (χ1n) is 5.95. The Hall–Kier alpha value is -0.790. The number of hydrogen-bond acceptors (Lipinski definition) is 2. The summed E-state index contributed by atoms with van der Waals surface area (Å²) < 4.78 is 4.95. The molecule has 0 aromatic heterocycles. The van der Waals surface area contributed by atoms with Gasteiger partial charge in [0.05, 0.1) is 12.5 Å². The van der Waals surface area contributed by atoms with Gasteiger partial charge in [0.15, 0.2) is 0 Å². The van der Waals surface area contributed by atoms with Crippen LogP contribution in [0.5, 0.6) is 0 Å². The van der Waals surface area contributed by atoms with Gasteiger partial charge in [-0.2, -0.15) is 0 Å². The zero-order chi connectivity index (χ0) is 11.7. The molecule has 0 aliphatic rings. The van der Waals surface area contributed by atoms with E-state index >= 15 is 0 Å². The summed E-state index contributed by atoms with van der Waals surface area (Å²) in [6.45, 7) is 8.47. The standard InChI is InChI=1S/C13H24O2/c1-5-7-8-9-11(3)10-12(4)13(14)15-6-2/h10,12H,5-9H2,1-4H3/b11-10-. The summed E-state index contributed by atoms with van der Waals surface area (Å²) in [6, 6.07) is 0. The lowest BCUT2D eigenvalue weighted by Gasteiger charge is -2.07. The number of ether oxygens (including phenoxy) is 1. The monoisotopic (exact) mass is 212 g/mol. The van der Waals surface area contributed by atoms with Crippen molar-refractivity contribution in [2.75, 3.05) is 6.61 Å². The molecule has 0 bridgehead atoms. The highest BCUT2D eigenvalue weighted by Gasteiger charge is 2.10. The topological polar surface area (TPSA) is 26.3 Å². The molecule has 0 radical (unpaired) electrons. The molecule has 0 heterocycles. The van der Waals surface area contributed by atoms with E-state index < -0.39 is 0 Å². The van der Waals surface area contributed by atoms with Gasteiger partial charge in [-0.25, -0.2) is 0 Å². The van der Waals surface area contributed by atoms with Gasteiger partial charge in [-0.3, -0.25) is 4.79 Å². The van der Waals surface area contributed by atoms with Crippen LogP contribution in [0, 0.1) is 5.92 Å². The zero-order valence-electron chi connectivity index (χ0n) is 10.5. The summed E-state index contributed by atoms with van der Waals surface area (Å²) in [7, 11) is 0. The first kappa shape index (κ1) is 14.2. The van der Waals surface area contributed by atoms with E-state index in [-0.39, 0.29) is 11.9 Å². The van der Waals surface area contributed by atoms with E-state index in [9.17, 15) is 4.79 Å². The minimum absolute atomic E-state index is 0.105. The van der Waals surface area contributed by atoms with Gasteiger partial charge in [-0.15, -0.1) is 0 Å². The van der Waals surface area contributed by atoms with Crippen LogP contribution in [0.4, 0.5) is 0 Å². The fourth-order valence-corrected chi connectivity index (χ4v) is 1.51. The van der Waals surface area contributed by atoms with Crippen LogP contribution < -0.4 is 0 Å². The number of carbonyl (C=O) groups excluding carboxylic acids is 1. The Morgan fingerprint density at radius 1 is 1.33 bits per heavy atom. The summed E-state index contributed by atoms with van der Waals surface area (Å²) in [6.07, 6.45) is 6.83. The van der Waals surface area contributed by atoms with Crippen molar-refractivity contribution in [3.63, 3.8) is 0 Å². The lowest BCUT2D eigenvalue weighted by atomic mass is 10.0. The van der Waals surface area contributed by atoms with Crippen molar-refractivity contribution in [1.82, 2.24) is 0 Å². The SMILES string of the molecule is CCCCC/C(C)=C\C(C)C(=O)OCC. The molecule has 0 aromatic carbocycles. The van der Waals surface area contributed by atoms with Gasteiger partial charge in [0.1, 0.15) is 0 Å². The number of allylic oxidation sites excluding steroid dienone is 1. The molecule has 15 heavy (non-hydrogen) atoms. The summed E-state index contributed by atoms with van der Waals surface area (Å²) in [5.41, 5.74) is 1.30. The molecule has 2 nitrogen and oxygen atoms in total. The first-order chi connectivity index (χ1) is 7.11. The van der Waals surface area contributed by atoms with Crippen LogP contribution in [0.1, 0.15) is 53.4 Å². The molecule has 0 aliphatic carbocycles. The van der Waals surface area contributed by atoms with Crippen molar-refractivity contribution in [3.8, 4) is 0 Å². The molecule has 0 amide bonds. The van der Waals surface area contributed by atoms with Crippen molar-refractivity contribution in [3.05, 3.63) is 11.6 Å². The van der Waals surface area contributed by atoms with Gasteiger partial charge >= 0.3 is 5.97 Å². The second-order valence-corrected chi connectivity index (χ2v) is 4.01. The Balaban J connectivity index is 3.93. The van der Waals surface area contributed by atoms with Gasteiger partial charge in [0, 0.05) is 0 Å². The molecule has 0 aromatic rings. The smallest absolute Gasteiger partial charge is 0.312 e. The van der Waals surface area contributed by atoms with E-state index in [0.29, 0.717) is 6.61 Å². The molecule has 1 atom stereocenters. The Kier molecular flexibility index (Phi) is 8.06. The van der Waals surface area contributed by atoms with E-state index in [1.807, 2.05) is 19.9 Å². The number of esters is 1. The van der Waals surface area contributed by atoms with Crippen LogP contribution in [0.3, 0.4) is 0 Å². The van der Waals surface area contributed by atoms with E-state index in [0.717, 1.165) is 6.42 Å². The molecule has 0 rings (SSSR count). The van der Waals surface area contributed by atoms with Gasteiger partial charge in [0.2, 0.25) is 0 Å². The highest BCUT2D eigenvalue weighted by Crippen LogP contribution is 2.12. The van der Waals surface area contributed by atoms with Crippen molar-refractivity contribution >= 4 is 5.97 Å². The minimum atomic E-state index is -0.118. The second kappa shape index (κ2) is 8.51. The fraction of sp³-hybridized carbons (Fsp3) is 0.769. The van der Waals surface area contributed by atoms with Crippen LogP contribution in [0.2, 0.25) is 0 Å². The summed E-state index contributed by atoms with van der Waals surface area (Å²) in [5.74, 6) is -0.223. The van der Waals surface area contributed by atoms with Gasteiger partial charge in [0.25, 0.3) is 0 Å². The maximum absolute atomic E-state index is 11.3. The Morgan fingerprint density at radius 3 is 2.53 bits per heavy atom. The maximum Gasteiger partial charge on any atom is 0.312 e. The molecule has 0 spiro atoms. The van der Waals surface area contributed by atoms with Crippen LogP contribution in [0.15, 0.2) is 11.6 Å². The third-order valence-electron chi connectivity index (χ3n) is 2.37. The average molecular weight is 212 g/mol. The molecule has 0 N–H and O–H groups in total. The van der Waals surface area contributed by atoms with Gasteiger partial charge < -0.3 is 4.74 Å². The first-order valence-corrected chi connectivity index (χ1v) is 5.95. The second-order valence-electron chi connectivity index (χ2n) is 4.01. The quantitative estimate of drug-likeness (QED) is 0.365. The Labute approximate surface area is 93.7 Å². The van der Waals surface area contributed by atoms with Crippen molar-refractivity contribution in [2.24, 2.45) is 5.92 Å². The fourth-order valence-electron chi connectivity index (χ4n) is 1.51. The van der Waals surface area contributed by atoms with Crippen molar-refractivity contribution in [2.45, 2.75) is 53.4 Å². The van der Waals surface area contributed by atoms with Gasteiger partial charge in [-0.1, -0.05) is 31.4 Å². The molecule has 0 fully saturated rings. The molecule has 0 saturated heterocycles. The average Bonchev–Trinajstić information content (AvgIpc) is 2.18. The maximum atomic E-state index is 11.3. The van der Waals surface area contributed by atoms with Crippen molar-refractivity contribution in [1.29, 1.82) is 0 Å². The molecular formula is C13H24O2. The highest BCUT2D eigenvalue weighted by atomic mass is 16.5. The van der Waals surface area contributed by atoms with Crippen molar-refractivity contribution < 1.29 is 9.53 Å². The lowest BCUT2D eigenvalue weighted by Crippen LogP contribution is -2.12. The molecule has 0 aliphatic heterocycles. The minimum Gasteiger partial charge on any atom is -0.466 e. The number of rotatable bonds is 7. The number of hydrogen-bond donors (Lipinski definition) is 0. The largest absolute Gasteiger partial charge is 0.466 e. The van der Waals surface area contributed by atoms with E-state index in [4.69, 9.17) is 4.74 Å². The molecule has 88 valence electrons. The zero-order valence-corrected chi connectivity index (χ0v) is 10.5. The van der Waals surface area contributed by atoms with E-state index in [1.165, 1.54) is 24.8 Å². The Morgan fingerprint density at radius 2 is 2.00 bits per heavy atom. The highest BCUT2D eigenvalue weighted by molar-refractivity contribution is 5.74. The molecular weight excluding hydrogens is 188 g/mol. The summed E-state index contributed by atoms with van der Waals surface area (Å²) in [5, 5.41) is 0. The molecule has 1 unspecified atom stereocenters. The number of unbranched alkanes of at least 4 members (excludes halogenated alkanes) is 2. The van der Waals surface area contributed by atoms with E-state index in [2.05, 4.69) is 13.8 Å². The van der Waals surface area contributed by atoms with Crippen LogP contribution in [0.25, 0.3) is 0 Å². The number of carbonyl (C=O) groups is 1. The van der Waals surface area contributed by atoms with E-state index in [1.54, 1.807) is 0 Å². The summed E-state index contributed by atoms with van der Waals surface area (Å²) in [4.78, 5) is 11.3. The lowest BCUT2D eigenvalue weighted by molar-refractivity contribution is -0.145. The predicted octanol–water partition coefficient (Wildman–Crippen LogP) is 3.71. The van der Waals surface area contributed by atoms with Crippen LogP contribution >= 0.6 is 0 Å². The van der Waals surface area contributed by atoms with Crippen LogP contribution in [-0.2, 0) is 9.53 Å².